The van der Waals surface area contributed by atoms with Crippen LogP contribution >= 0.6 is 0 Å². The SMILES string of the molecule is Cc1cnn(CCC(=O)NC[C@H]2CCN(Cc3ccccc3C)C2)c1. The number of likely N-dealkylation sites (tertiary alicyclic amines) is 1. The lowest BCUT2D eigenvalue weighted by Crippen LogP contribution is -2.31. The molecule has 25 heavy (non-hydrogen) atoms. The Labute approximate surface area is 150 Å². The molecule has 1 fully saturated rings. The predicted octanol–water partition coefficient (Wildman–Crippen LogP) is 2.53. The molecule has 1 aromatic carbocycles. The first-order valence-electron chi connectivity index (χ1n) is 9.13. The van der Waals surface area contributed by atoms with E-state index in [2.05, 4.69) is 46.5 Å². The van der Waals surface area contributed by atoms with Crippen molar-refractivity contribution in [3.8, 4) is 0 Å². The van der Waals surface area contributed by atoms with E-state index in [-0.39, 0.29) is 5.91 Å². The predicted molar refractivity (Wildman–Crippen MR) is 99.2 cm³/mol. The van der Waals surface area contributed by atoms with Gasteiger partial charge in [0.15, 0.2) is 0 Å². The molecular weight excluding hydrogens is 312 g/mol. The molecular formula is C20H28N4O. The van der Waals surface area contributed by atoms with Crippen molar-refractivity contribution < 1.29 is 4.79 Å². The molecule has 2 heterocycles. The highest BCUT2D eigenvalue weighted by Gasteiger charge is 2.23. The summed E-state index contributed by atoms with van der Waals surface area (Å²) in [5.74, 6) is 0.672. The van der Waals surface area contributed by atoms with Gasteiger partial charge < -0.3 is 5.32 Å². The molecule has 3 rings (SSSR count). The minimum absolute atomic E-state index is 0.116. The van der Waals surface area contributed by atoms with Gasteiger partial charge in [0.25, 0.3) is 0 Å². The maximum Gasteiger partial charge on any atom is 0.221 e. The van der Waals surface area contributed by atoms with Crippen LogP contribution < -0.4 is 5.32 Å². The number of nitrogens with one attached hydrogen (secondary N) is 1. The smallest absolute Gasteiger partial charge is 0.221 e. The molecule has 1 amide bonds. The average molecular weight is 340 g/mol. The Morgan fingerprint density at radius 3 is 2.92 bits per heavy atom. The number of aromatic nitrogens is 2. The number of benzene rings is 1. The van der Waals surface area contributed by atoms with E-state index >= 15 is 0 Å². The van der Waals surface area contributed by atoms with Crippen LogP contribution in [0.1, 0.15) is 29.5 Å². The summed E-state index contributed by atoms with van der Waals surface area (Å²) in [5, 5.41) is 7.30. The summed E-state index contributed by atoms with van der Waals surface area (Å²) < 4.78 is 1.83. The molecule has 0 bridgehead atoms. The summed E-state index contributed by atoms with van der Waals surface area (Å²) in [5.41, 5.74) is 3.88. The molecule has 1 N–H and O–H groups in total. The molecule has 1 aliphatic heterocycles. The van der Waals surface area contributed by atoms with E-state index in [0.717, 1.165) is 38.2 Å². The normalized spacial score (nSPS) is 17.8. The molecule has 1 saturated heterocycles. The first kappa shape index (κ1) is 17.7. The van der Waals surface area contributed by atoms with Gasteiger partial charge >= 0.3 is 0 Å². The van der Waals surface area contributed by atoms with Gasteiger partial charge in [-0.1, -0.05) is 24.3 Å². The van der Waals surface area contributed by atoms with Crippen LogP contribution in [0.5, 0.6) is 0 Å². The summed E-state index contributed by atoms with van der Waals surface area (Å²) in [7, 11) is 0. The zero-order chi connectivity index (χ0) is 17.6. The Morgan fingerprint density at radius 2 is 2.16 bits per heavy atom. The van der Waals surface area contributed by atoms with Crippen molar-refractivity contribution in [2.75, 3.05) is 19.6 Å². The van der Waals surface area contributed by atoms with E-state index in [0.29, 0.717) is 18.9 Å². The lowest BCUT2D eigenvalue weighted by Gasteiger charge is -2.17. The lowest BCUT2D eigenvalue weighted by molar-refractivity contribution is -0.121. The van der Waals surface area contributed by atoms with Gasteiger partial charge in [0.1, 0.15) is 0 Å². The number of aryl methyl sites for hydroxylation is 3. The zero-order valence-corrected chi connectivity index (χ0v) is 15.2. The highest BCUT2D eigenvalue weighted by atomic mass is 16.1. The van der Waals surface area contributed by atoms with Gasteiger partial charge in [-0.3, -0.25) is 14.4 Å². The van der Waals surface area contributed by atoms with Crippen molar-refractivity contribution in [1.29, 1.82) is 0 Å². The van der Waals surface area contributed by atoms with Gasteiger partial charge in [-0.05, 0) is 49.4 Å². The third-order valence-corrected chi connectivity index (χ3v) is 4.94. The van der Waals surface area contributed by atoms with E-state index in [1.807, 2.05) is 24.0 Å². The van der Waals surface area contributed by atoms with Gasteiger partial charge in [-0.25, -0.2) is 0 Å². The molecule has 134 valence electrons. The average Bonchev–Trinajstić information content (AvgIpc) is 3.22. The van der Waals surface area contributed by atoms with Crippen molar-refractivity contribution >= 4 is 5.91 Å². The third-order valence-electron chi connectivity index (χ3n) is 4.94. The number of amides is 1. The molecule has 1 aliphatic rings. The van der Waals surface area contributed by atoms with Gasteiger partial charge in [-0.15, -0.1) is 0 Å². The summed E-state index contributed by atoms with van der Waals surface area (Å²) in [6, 6.07) is 8.58. The van der Waals surface area contributed by atoms with Crippen molar-refractivity contribution in [3.05, 3.63) is 53.3 Å². The summed E-state index contributed by atoms with van der Waals surface area (Å²) in [6.07, 6.45) is 5.43. The fraction of sp³-hybridized carbons (Fsp3) is 0.500. The maximum absolute atomic E-state index is 12.0. The van der Waals surface area contributed by atoms with Gasteiger partial charge in [0.2, 0.25) is 5.91 Å². The van der Waals surface area contributed by atoms with E-state index in [1.54, 1.807) is 0 Å². The van der Waals surface area contributed by atoms with E-state index < -0.39 is 0 Å². The van der Waals surface area contributed by atoms with Gasteiger partial charge in [0.05, 0.1) is 6.20 Å². The molecule has 0 saturated carbocycles. The first-order valence-corrected chi connectivity index (χ1v) is 9.13. The van der Waals surface area contributed by atoms with Crippen LogP contribution in [0.3, 0.4) is 0 Å². The Morgan fingerprint density at radius 1 is 1.32 bits per heavy atom. The minimum atomic E-state index is 0.116. The molecule has 1 aromatic heterocycles. The summed E-state index contributed by atoms with van der Waals surface area (Å²) >= 11 is 0. The first-order chi connectivity index (χ1) is 12.1. The van der Waals surface area contributed by atoms with Crippen molar-refractivity contribution in [2.45, 2.75) is 39.8 Å². The third kappa shape index (κ3) is 5.16. The quantitative estimate of drug-likeness (QED) is 0.843. The van der Waals surface area contributed by atoms with Crippen LogP contribution in [-0.4, -0.2) is 40.2 Å². The van der Waals surface area contributed by atoms with Crippen LogP contribution in [0.2, 0.25) is 0 Å². The number of nitrogens with zero attached hydrogens (tertiary/aromatic N) is 3. The lowest BCUT2D eigenvalue weighted by atomic mass is 10.1. The molecule has 0 radical (unpaired) electrons. The largest absolute Gasteiger partial charge is 0.356 e. The molecule has 0 spiro atoms. The van der Waals surface area contributed by atoms with Crippen LogP contribution in [0, 0.1) is 19.8 Å². The highest BCUT2D eigenvalue weighted by molar-refractivity contribution is 5.75. The number of rotatable bonds is 7. The Balaban J connectivity index is 1.36. The number of carbonyl (C=O) groups excluding carboxylic acids is 1. The fourth-order valence-electron chi connectivity index (χ4n) is 3.40. The van der Waals surface area contributed by atoms with E-state index in [9.17, 15) is 4.79 Å². The van der Waals surface area contributed by atoms with E-state index in [4.69, 9.17) is 0 Å². The van der Waals surface area contributed by atoms with Crippen molar-refractivity contribution in [2.24, 2.45) is 5.92 Å². The highest BCUT2D eigenvalue weighted by Crippen LogP contribution is 2.19. The maximum atomic E-state index is 12.0. The van der Waals surface area contributed by atoms with Crippen LogP contribution in [0.4, 0.5) is 0 Å². The fourth-order valence-corrected chi connectivity index (χ4v) is 3.40. The summed E-state index contributed by atoms with van der Waals surface area (Å²) in [6.45, 7) is 8.78. The van der Waals surface area contributed by atoms with Crippen LogP contribution in [0.25, 0.3) is 0 Å². The second kappa shape index (κ2) is 8.30. The van der Waals surface area contributed by atoms with E-state index in [1.165, 1.54) is 11.1 Å². The minimum Gasteiger partial charge on any atom is -0.356 e. The van der Waals surface area contributed by atoms with Crippen molar-refractivity contribution in [3.63, 3.8) is 0 Å². The van der Waals surface area contributed by atoms with Gasteiger partial charge in [0, 0.05) is 38.8 Å². The monoisotopic (exact) mass is 340 g/mol. The zero-order valence-electron chi connectivity index (χ0n) is 15.2. The number of hydrogen-bond donors (Lipinski definition) is 1. The van der Waals surface area contributed by atoms with Crippen LogP contribution in [0.15, 0.2) is 36.7 Å². The van der Waals surface area contributed by atoms with Crippen LogP contribution in [-0.2, 0) is 17.9 Å². The topological polar surface area (TPSA) is 50.2 Å². The molecule has 5 nitrogen and oxygen atoms in total. The molecule has 0 aliphatic carbocycles. The molecule has 0 unspecified atom stereocenters. The van der Waals surface area contributed by atoms with Crippen molar-refractivity contribution in [1.82, 2.24) is 20.0 Å². The molecule has 2 aromatic rings. The summed E-state index contributed by atoms with van der Waals surface area (Å²) in [4.78, 5) is 14.5. The Kier molecular flexibility index (Phi) is 5.87. The second-order valence-corrected chi connectivity index (χ2v) is 7.15. The Bertz CT molecular complexity index is 709. The second-order valence-electron chi connectivity index (χ2n) is 7.15. The molecule has 1 atom stereocenters. The standard InChI is InChI=1S/C20H28N4O/c1-16-11-22-24(13-16)10-8-20(25)21-12-18-7-9-23(14-18)15-19-6-4-3-5-17(19)2/h3-6,11,13,18H,7-10,12,14-15H2,1-2H3,(H,21,25)/t18-/m1/s1. The Hall–Kier alpha value is -2.14. The number of carbonyl (C=O) groups is 1. The van der Waals surface area contributed by atoms with Gasteiger partial charge in [-0.2, -0.15) is 5.10 Å². The number of hydrogen-bond acceptors (Lipinski definition) is 3. The molecule has 5 heteroatoms.